The molecule has 0 aliphatic carbocycles. The van der Waals surface area contributed by atoms with E-state index in [1.165, 1.54) is 6.20 Å². The first-order valence-corrected chi connectivity index (χ1v) is 8.01. The highest BCUT2D eigenvalue weighted by Gasteiger charge is 2.38. The third kappa shape index (κ3) is 4.42. The van der Waals surface area contributed by atoms with E-state index in [-0.39, 0.29) is 17.4 Å². The predicted molar refractivity (Wildman–Crippen MR) is 77.1 cm³/mol. The standard InChI is InChI=1S/C14H19F3N2O2S/c1-9(2)12-18-6-11(22-12)13(20)19(8-14(15,16)17)10-4-3-5-21-7-10/h6,9-10H,3-5,7-8H2,1-2H3/t10-/m1/s1. The number of rotatable bonds is 4. The van der Waals surface area contributed by atoms with Gasteiger partial charge in [-0.05, 0) is 12.8 Å². The van der Waals surface area contributed by atoms with E-state index in [0.29, 0.717) is 19.4 Å². The molecule has 124 valence electrons. The number of carbonyl (C=O) groups is 1. The van der Waals surface area contributed by atoms with Crippen molar-refractivity contribution in [2.45, 2.75) is 44.8 Å². The van der Waals surface area contributed by atoms with Crippen molar-refractivity contribution in [2.75, 3.05) is 19.8 Å². The van der Waals surface area contributed by atoms with Gasteiger partial charge in [0.25, 0.3) is 5.91 Å². The van der Waals surface area contributed by atoms with Gasteiger partial charge in [0, 0.05) is 12.5 Å². The van der Waals surface area contributed by atoms with Crippen LogP contribution in [0.3, 0.4) is 0 Å². The maximum absolute atomic E-state index is 12.8. The molecule has 0 unspecified atom stereocenters. The summed E-state index contributed by atoms with van der Waals surface area (Å²) in [7, 11) is 0. The van der Waals surface area contributed by atoms with Gasteiger partial charge in [0.1, 0.15) is 11.4 Å². The van der Waals surface area contributed by atoms with Gasteiger partial charge < -0.3 is 9.64 Å². The van der Waals surface area contributed by atoms with Gasteiger partial charge >= 0.3 is 6.18 Å². The highest BCUT2D eigenvalue weighted by Crippen LogP contribution is 2.27. The summed E-state index contributed by atoms with van der Waals surface area (Å²) in [6.07, 6.45) is -1.88. The zero-order chi connectivity index (χ0) is 16.3. The average Bonchev–Trinajstić information content (AvgIpc) is 2.94. The molecule has 1 atom stereocenters. The minimum atomic E-state index is -4.43. The number of hydrogen-bond donors (Lipinski definition) is 0. The normalized spacial score (nSPS) is 19.5. The fourth-order valence-electron chi connectivity index (χ4n) is 2.32. The monoisotopic (exact) mass is 336 g/mol. The Balaban J connectivity index is 2.20. The number of thiazole rings is 1. The molecule has 4 nitrogen and oxygen atoms in total. The van der Waals surface area contributed by atoms with Crippen LogP contribution in [0.4, 0.5) is 13.2 Å². The number of hydrogen-bond acceptors (Lipinski definition) is 4. The van der Waals surface area contributed by atoms with E-state index in [4.69, 9.17) is 4.74 Å². The van der Waals surface area contributed by atoms with Crippen molar-refractivity contribution in [1.29, 1.82) is 0 Å². The van der Waals surface area contributed by atoms with E-state index >= 15 is 0 Å². The van der Waals surface area contributed by atoms with Crippen LogP contribution in [0.15, 0.2) is 6.20 Å². The van der Waals surface area contributed by atoms with E-state index in [2.05, 4.69) is 4.98 Å². The molecule has 0 saturated carbocycles. The second-order valence-corrected chi connectivity index (χ2v) is 6.70. The van der Waals surface area contributed by atoms with Crippen molar-refractivity contribution in [3.63, 3.8) is 0 Å². The Bertz CT molecular complexity index is 510. The van der Waals surface area contributed by atoms with E-state index in [1.54, 1.807) is 0 Å². The first-order chi connectivity index (χ1) is 10.3. The first kappa shape index (κ1) is 17.2. The topological polar surface area (TPSA) is 42.4 Å². The van der Waals surface area contributed by atoms with Crippen molar-refractivity contribution in [2.24, 2.45) is 0 Å². The molecule has 2 heterocycles. The molecule has 2 rings (SSSR count). The third-order valence-electron chi connectivity index (χ3n) is 3.42. The second kappa shape index (κ2) is 6.95. The maximum Gasteiger partial charge on any atom is 0.406 e. The Kier molecular flexibility index (Phi) is 5.44. The molecule has 0 radical (unpaired) electrons. The number of alkyl halides is 3. The SMILES string of the molecule is CC(C)c1ncc(C(=O)N(CC(F)(F)F)[C@@H]2CCCOC2)s1. The van der Waals surface area contributed by atoms with Crippen LogP contribution in [0.5, 0.6) is 0 Å². The van der Waals surface area contributed by atoms with Crippen molar-refractivity contribution >= 4 is 17.2 Å². The lowest BCUT2D eigenvalue weighted by Crippen LogP contribution is -2.48. The van der Waals surface area contributed by atoms with Gasteiger partial charge in [-0.15, -0.1) is 11.3 Å². The van der Waals surface area contributed by atoms with E-state index in [9.17, 15) is 18.0 Å². The molecular formula is C14H19F3N2O2S. The Hall–Kier alpha value is -1.15. The van der Waals surface area contributed by atoms with Crippen molar-refractivity contribution in [1.82, 2.24) is 9.88 Å². The molecule has 1 saturated heterocycles. The summed E-state index contributed by atoms with van der Waals surface area (Å²) in [6.45, 7) is 3.28. The third-order valence-corrected chi connectivity index (χ3v) is 4.70. The van der Waals surface area contributed by atoms with Crippen LogP contribution >= 0.6 is 11.3 Å². The van der Waals surface area contributed by atoms with Crippen molar-refractivity contribution in [3.8, 4) is 0 Å². The number of nitrogens with zero attached hydrogens (tertiary/aromatic N) is 2. The minimum absolute atomic E-state index is 0.139. The molecule has 1 amide bonds. The molecule has 1 aliphatic rings. The molecular weight excluding hydrogens is 317 g/mol. The summed E-state index contributed by atoms with van der Waals surface area (Å²) >= 11 is 1.16. The van der Waals surface area contributed by atoms with Crippen molar-refractivity contribution in [3.05, 3.63) is 16.1 Å². The number of amides is 1. The molecule has 1 aliphatic heterocycles. The minimum Gasteiger partial charge on any atom is -0.379 e. The molecule has 0 aromatic carbocycles. The molecule has 0 N–H and O–H groups in total. The molecule has 1 aromatic heterocycles. The van der Waals surface area contributed by atoms with Crippen LogP contribution in [0, 0.1) is 0 Å². The lowest BCUT2D eigenvalue weighted by Gasteiger charge is -2.34. The van der Waals surface area contributed by atoms with Crippen LogP contribution in [0.1, 0.15) is 47.3 Å². The summed E-state index contributed by atoms with van der Waals surface area (Å²) in [5.74, 6) is -0.474. The highest BCUT2D eigenvalue weighted by molar-refractivity contribution is 7.13. The quantitative estimate of drug-likeness (QED) is 0.846. The highest BCUT2D eigenvalue weighted by atomic mass is 32.1. The fourth-order valence-corrected chi connectivity index (χ4v) is 3.20. The van der Waals surface area contributed by atoms with Crippen LogP contribution in [0.2, 0.25) is 0 Å². The van der Waals surface area contributed by atoms with Gasteiger partial charge in [0.15, 0.2) is 0 Å². The Morgan fingerprint density at radius 2 is 2.27 bits per heavy atom. The Morgan fingerprint density at radius 3 is 2.77 bits per heavy atom. The Labute approximate surface area is 131 Å². The van der Waals surface area contributed by atoms with Crippen molar-refractivity contribution < 1.29 is 22.7 Å². The average molecular weight is 336 g/mol. The van der Waals surface area contributed by atoms with Crippen LogP contribution in [-0.2, 0) is 4.74 Å². The summed E-state index contributed by atoms with van der Waals surface area (Å²) in [4.78, 5) is 17.8. The van der Waals surface area contributed by atoms with E-state index in [1.807, 2.05) is 13.8 Å². The lowest BCUT2D eigenvalue weighted by atomic mass is 10.1. The largest absolute Gasteiger partial charge is 0.406 e. The van der Waals surface area contributed by atoms with Gasteiger partial charge in [-0.2, -0.15) is 13.2 Å². The van der Waals surface area contributed by atoms with E-state index in [0.717, 1.165) is 21.2 Å². The van der Waals surface area contributed by atoms with Gasteiger partial charge in [-0.3, -0.25) is 4.79 Å². The summed E-state index contributed by atoms with van der Waals surface area (Å²) < 4.78 is 43.7. The second-order valence-electron chi connectivity index (χ2n) is 5.64. The van der Waals surface area contributed by atoms with Gasteiger partial charge in [-0.25, -0.2) is 4.98 Å². The van der Waals surface area contributed by atoms with E-state index < -0.39 is 24.7 Å². The van der Waals surface area contributed by atoms with Crippen LogP contribution < -0.4 is 0 Å². The van der Waals surface area contributed by atoms with Crippen LogP contribution in [-0.4, -0.2) is 47.8 Å². The maximum atomic E-state index is 12.8. The zero-order valence-corrected chi connectivity index (χ0v) is 13.3. The molecule has 0 bridgehead atoms. The molecule has 1 aromatic rings. The van der Waals surface area contributed by atoms with Crippen LogP contribution in [0.25, 0.3) is 0 Å². The van der Waals surface area contributed by atoms with Gasteiger partial charge in [0.2, 0.25) is 0 Å². The van der Waals surface area contributed by atoms with Gasteiger partial charge in [0.05, 0.1) is 23.9 Å². The smallest absolute Gasteiger partial charge is 0.379 e. The number of aromatic nitrogens is 1. The molecule has 8 heteroatoms. The zero-order valence-electron chi connectivity index (χ0n) is 12.5. The molecule has 22 heavy (non-hydrogen) atoms. The number of halogens is 3. The lowest BCUT2D eigenvalue weighted by molar-refractivity contribution is -0.148. The summed E-state index contributed by atoms with van der Waals surface area (Å²) in [5.41, 5.74) is 0. The van der Waals surface area contributed by atoms with Gasteiger partial charge in [-0.1, -0.05) is 13.8 Å². The molecule has 0 spiro atoms. The summed E-state index contributed by atoms with van der Waals surface area (Å²) in [5, 5.41) is 0.746. The first-order valence-electron chi connectivity index (χ1n) is 7.19. The predicted octanol–water partition coefficient (Wildman–Crippen LogP) is 3.45. The number of carbonyl (C=O) groups excluding carboxylic acids is 1. The fraction of sp³-hybridized carbons (Fsp3) is 0.714. The Morgan fingerprint density at radius 1 is 1.55 bits per heavy atom. The molecule has 1 fully saturated rings. The number of ether oxygens (including phenoxy) is 1. The summed E-state index contributed by atoms with van der Waals surface area (Å²) in [6, 6.07) is -0.535.